The summed E-state index contributed by atoms with van der Waals surface area (Å²) >= 11 is 0. The maximum absolute atomic E-state index is 12.8. The molecule has 0 saturated heterocycles. The van der Waals surface area contributed by atoms with Gasteiger partial charge in [0, 0.05) is 19.3 Å². The second-order valence-electron chi connectivity index (χ2n) is 18.0. The minimum absolute atomic E-state index is 0.0120. The van der Waals surface area contributed by atoms with Crippen LogP contribution >= 0.6 is 0 Å². The van der Waals surface area contributed by atoms with Crippen molar-refractivity contribution in [1.29, 1.82) is 0 Å². The Balaban J connectivity index is 4.39. The zero-order chi connectivity index (χ0) is 49.2. The van der Waals surface area contributed by atoms with Gasteiger partial charge in [0.1, 0.15) is 12.6 Å². The second-order valence-corrected chi connectivity index (χ2v) is 18.0. The summed E-state index contributed by atoms with van der Waals surface area (Å²) in [5, 5.41) is 11.7. The van der Waals surface area contributed by atoms with Crippen molar-refractivity contribution >= 4 is 17.9 Å². The smallest absolute Gasteiger partial charge is 0.306 e. The van der Waals surface area contributed by atoms with E-state index in [2.05, 4.69) is 135 Å². The van der Waals surface area contributed by atoms with Crippen LogP contribution in [-0.4, -0.2) is 75.5 Å². The highest BCUT2D eigenvalue weighted by atomic mass is 16.6. The fraction of sp³-hybridized carbons (Fsp3) is 0.610. The molecule has 2 atom stereocenters. The van der Waals surface area contributed by atoms with Gasteiger partial charge < -0.3 is 28.6 Å². The Kier molecular flexibility index (Phi) is 45.1. The molecule has 0 aromatic rings. The normalized spacial score (nSPS) is 13.9. The van der Waals surface area contributed by atoms with Gasteiger partial charge in [0.25, 0.3) is 0 Å². The highest BCUT2D eigenvalue weighted by molar-refractivity contribution is 5.70. The van der Waals surface area contributed by atoms with Crippen LogP contribution in [0.3, 0.4) is 0 Å². The zero-order valence-electron chi connectivity index (χ0n) is 43.0. The average Bonchev–Trinajstić information content (AvgIpc) is 3.29. The lowest BCUT2D eigenvalue weighted by atomic mass is 10.1. The largest absolute Gasteiger partial charge is 0.544 e. The first-order valence-corrected chi connectivity index (χ1v) is 26.1. The average molecular weight is 930 g/mol. The van der Waals surface area contributed by atoms with E-state index in [9.17, 15) is 19.5 Å². The molecule has 0 fully saturated rings. The van der Waals surface area contributed by atoms with Crippen LogP contribution in [-0.2, 0) is 28.6 Å². The number of unbranched alkanes of at least 4 members (excludes halogenated alkanes) is 11. The maximum Gasteiger partial charge on any atom is 0.306 e. The van der Waals surface area contributed by atoms with Gasteiger partial charge in [-0.15, -0.1) is 0 Å². The number of nitrogens with zero attached hydrogens (tertiary/aromatic N) is 1. The molecule has 8 nitrogen and oxygen atoms in total. The lowest BCUT2D eigenvalue weighted by molar-refractivity contribution is -0.889. The van der Waals surface area contributed by atoms with Gasteiger partial charge in [0.2, 0.25) is 0 Å². The van der Waals surface area contributed by atoms with Crippen molar-refractivity contribution in [2.24, 2.45) is 0 Å². The fourth-order valence-corrected chi connectivity index (χ4v) is 6.82. The number of allylic oxidation sites excluding steroid dienone is 20. The van der Waals surface area contributed by atoms with Crippen LogP contribution in [0.4, 0.5) is 0 Å². The molecular formula is C59H95NO7. The Bertz CT molecular complexity index is 1500. The Morgan fingerprint density at radius 3 is 1.25 bits per heavy atom. The molecule has 0 aliphatic heterocycles. The zero-order valence-corrected chi connectivity index (χ0v) is 43.0. The van der Waals surface area contributed by atoms with Crippen molar-refractivity contribution in [3.63, 3.8) is 0 Å². The Morgan fingerprint density at radius 1 is 0.463 bits per heavy atom. The minimum Gasteiger partial charge on any atom is -0.544 e. The number of aliphatic carboxylic acids is 1. The second kappa shape index (κ2) is 48.2. The maximum atomic E-state index is 12.8. The van der Waals surface area contributed by atoms with E-state index >= 15 is 0 Å². The van der Waals surface area contributed by atoms with Crippen LogP contribution in [0.1, 0.15) is 181 Å². The molecule has 0 bridgehead atoms. The van der Waals surface area contributed by atoms with Gasteiger partial charge in [-0.3, -0.25) is 9.59 Å². The molecule has 8 heteroatoms. The number of hydrogen-bond acceptors (Lipinski definition) is 7. The van der Waals surface area contributed by atoms with Gasteiger partial charge in [0.05, 0.1) is 40.3 Å². The summed E-state index contributed by atoms with van der Waals surface area (Å²) in [6.07, 6.45) is 68.0. The number of carboxylic acids is 1. The number of carboxylic acid groups (broad SMARTS) is 1. The summed E-state index contributed by atoms with van der Waals surface area (Å²) < 4.78 is 17.2. The number of carbonyl (C=O) groups is 3. The first-order chi connectivity index (χ1) is 32.6. The number of rotatable bonds is 45. The number of ether oxygens (including phenoxy) is 3. The van der Waals surface area contributed by atoms with Gasteiger partial charge in [-0.2, -0.15) is 0 Å². The molecule has 0 rings (SSSR count). The number of likely N-dealkylation sites (N-methyl/N-ethyl adjacent to an activating group) is 1. The Labute approximate surface area is 410 Å². The third-order valence-electron chi connectivity index (χ3n) is 10.8. The van der Waals surface area contributed by atoms with Crippen molar-refractivity contribution in [2.45, 2.75) is 193 Å². The molecule has 0 aliphatic carbocycles. The minimum atomic E-state index is -1.14. The molecule has 0 aromatic carbocycles. The summed E-state index contributed by atoms with van der Waals surface area (Å²) in [5.74, 6) is -1.82. The van der Waals surface area contributed by atoms with Crippen molar-refractivity contribution in [1.82, 2.24) is 0 Å². The van der Waals surface area contributed by atoms with Gasteiger partial charge in [-0.1, -0.05) is 174 Å². The summed E-state index contributed by atoms with van der Waals surface area (Å²) in [4.78, 5) is 37.1. The van der Waals surface area contributed by atoms with Crippen LogP contribution in [0.2, 0.25) is 0 Å². The van der Waals surface area contributed by atoms with E-state index < -0.39 is 18.1 Å². The molecule has 0 amide bonds. The number of quaternary nitrogens is 1. The molecule has 0 heterocycles. The van der Waals surface area contributed by atoms with E-state index in [0.29, 0.717) is 12.8 Å². The predicted octanol–water partition coefficient (Wildman–Crippen LogP) is 14.0. The summed E-state index contributed by atoms with van der Waals surface area (Å²) in [6.45, 7) is 4.45. The first-order valence-electron chi connectivity index (χ1n) is 26.1. The van der Waals surface area contributed by atoms with E-state index in [1.165, 1.54) is 25.7 Å². The van der Waals surface area contributed by atoms with Crippen molar-refractivity contribution in [3.8, 4) is 0 Å². The molecule has 67 heavy (non-hydrogen) atoms. The third kappa shape index (κ3) is 46.6. The molecule has 2 unspecified atom stereocenters. The van der Waals surface area contributed by atoms with Crippen molar-refractivity contribution in [2.75, 3.05) is 41.0 Å². The molecule has 0 radical (unpaired) electrons. The van der Waals surface area contributed by atoms with Crippen LogP contribution in [0.25, 0.3) is 0 Å². The summed E-state index contributed by atoms with van der Waals surface area (Å²) in [6, 6.07) is -0.744. The molecular weight excluding hydrogens is 835 g/mol. The van der Waals surface area contributed by atoms with Crippen molar-refractivity contribution in [3.05, 3.63) is 122 Å². The lowest BCUT2D eigenvalue weighted by Crippen LogP contribution is -2.55. The van der Waals surface area contributed by atoms with E-state index in [-0.39, 0.29) is 49.1 Å². The Hall–Kier alpha value is -4.27. The highest BCUT2D eigenvalue weighted by Gasteiger charge is 2.25. The van der Waals surface area contributed by atoms with Gasteiger partial charge >= 0.3 is 11.9 Å². The quantitative estimate of drug-likeness (QED) is 0.0259. The van der Waals surface area contributed by atoms with E-state index in [1.54, 1.807) is 21.1 Å². The Morgan fingerprint density at radius 2 is 0.836 bits per heavy atom. The number of esters is 2. The predicted molar refractivity (Wildman–Crippen MR) is 281 cm³/mol. The monoisotopic (exact) mass is 930 g/mol. The molecule has 0 N–H and O–H groups in total. The number of hydrogen-bond donors (Lipinski definition) is 0. The first kappa shape index (κ1) is 62.7. The van der Waals surface area contributed by atoms with Crippen molar-refractivity contribution < 1.29 is 38.2 Å². The third-order valence-corrected chi connectivity index (χ3v) is 10.8. The van der Waals surface area contributed by atoms with Crippen LogP contribution in [0.15, 0.2) is 122 Å². The molecule has 0 saturated carbocycles. The van der Waals surface area contributed by atoms with Gasteiger partial charge in [-0.05, 0) is 109 Å². The summed E-state index contributed by atoms with van der Waals surface area (Å²) in [7, 11) is 5.38. The lowest BCUT2D eigenvalue weighted by Gasteiger charge is -2.34. The van der Waals surface area contributed by atoms with Gasteiger partial charge in [-0.25, -0.2) is 0 Å². The molecule has 0 aliphatic rings. The van der Waals surface area contributed by atoms with E-state index in [4.69, 9.17) is 14.2 Å². The van der Waals surface area contributed by atoms with Crippen LogP contribution in [0.5, 0.6) is 0 Å². The highest BCUT2D eigenvalue weighted by Crippen LogP contribution is 2.12. The topological polar surface area (TPSA) is 102 Å². The van der Waals surface area contributed by atoms with Crippen LogP contribution in [0, 0.1) is 0 Å². The summed E-state index contributed by atoms with van der Waals surface area (Å²) in [5.41, 5.74) is 0. The SMILES string of the molecule is CC/C=C/C/C=C/C/C=C/C/C=C/C/C=C/C/C=C/CCCCCC(=O)OC(COCCC(C(=O)[O-])[N+](C)(C)C)COC(=O)CCCCCCC/C=C/C/C=C/C/C=C/C/C=C/CCCCC. The fourth-order valence-electron chi connectivity index (χ4n) is 6.82. The van der Waals surface area contributed by atoms with Gasteiger partial charge in [0.15, 0.2) is 6.10 Å². The number of carbonyl (C=O) groups excluding carboxylic acids is 3. The molecule has 0 aromatic heterocycles. The van der Waals surface area contributed by atoms with Crippen LogP contribution < -0.4 is 5.11 Å². The molecule has 378 valence electrons. The van der Waals surface area contributed by atoms with E-state index in [0.717, 1.165) is 116 Å². The molecule has 0 spiro atoms. The standard InChI is InChI=1S/C59H95NO7/c1-6-8-10-12-14-16-18-20-22-24-26-28-30-32-34-36-38-40-42-44-46-48-50-58(62)67-55(53-65-52-51-56(59(63)64)60(3,4)5)54-66-57(61)49-47-45-43-41-39-37-35-33-31-29-27-25-23-21-19-17-15-13-11-9-7-2/h8,10,14-17,20-23,26-29,32-35,38,40,55-56H,6-7,9,11-13,18-19,24-25,30-31,36-37,39,41-54H2,1-5H3/b10-8+,16-14+,17-15+,22-20+,23-21+,28-26+,29-27+,34-32+,35-33+,40-38+. The van der Waals surface area contributed by atoms with E-state index in [1.807, 2.05) is 0 Å².